The van der Waals surface area contributed by atoms with Crippen LogP contribution < -0.4 is 10.6 Å². The Hall–Kier alpha value is -2.60. The van der Waals surface area contributed by atoms with Crippen LogP contribution in [0, 0.1) is 6.92 Å². The standard InChI is InChI=1S/C21H27N5S/c1-16(13-19-10-9-17(2)27-19)25-21(22-3)24-14-20-23-11-12-26(20)15-18-7-5-4-6-8-18/h4-12,16H,13-15H2,1-3H3,(H2,22,24,25). The minimum Gasteiger partial charge on any atom is -0.354 e. The molecule has 27 heavy (non-hydrogen) atoms. The van der Waals surface area contributed by atoms with Crippen molar-refractivity contribution in [3.8, 4) is 0 Å². The first-order valence-corrected chi connectivity index (χ1v) is 10.0. The molecular weight excluding hydrogens is 354 g/mol. The molecule has 5 nitrogen and oxygen atoms in total. The fraction of sp³-hybridized carbons (Fsp3) is 0.333. The quantitative estimate of drug-likeness (QED) is 0.486. The Morgan fingerprint density at radius 2 is 2.04 bits per heavy atom. The lowest BCUT2D eigenvalue weighted by Gasteiger charge is -2.17. The van der Waals surface area contributed by atoms with Crippen molar-refractivity contribution in [3.63, 3.8) is 0 Å². The molecule has 1 aromatic carbocycles. The summed E-state index contributed by atoms with van der Waals surface area (Å²) in [6.45, 7) is 5.77. The lowest BCUT2D eigenvalue weighted by molar-refractivity contribution is 0.633. The number of imidazole rings is 1. The summed E-state index contributed by atoms with van der Waals surface area (Å²) in [7, 11) is 1.80. The van der Waals surface area contributed by atoms with Crippen molar-refractivity contribution >= 4 is 17.3 Å². The SMILES string of the molecule is CN=C(NCc1nccn1Cc1ccccc1)NC(C)Cc1ccc(C)s1. The highest BCUT2D eigenvalue weighted by Gasteiger charge is 2.09. The maximum Gasteiger partial charge on any atom is 0.191 e. The molecule has 3 rings (SSSR count). The van der Waals surface area contributed by atoms with Crippen molar-refractivity contribution in [3.05, 3.63) is 76.0 Å². The Morgan fingerprint density at radius 3 is 2.74 bits per heavy atom. The van der Waals surface area contributed by atoms with Crippen LogP contribution in [0.2, 0.25) is 0 Å². The number of rotatable bonds is 7. The van der Waals surface area contributed by atoms with E-state index in [0.29, 0.717) is 12.6 Å². The summed E-state index contributed by atoms with van der Waals surface area (Å²) in [5.41, 5.74) is 1.26. The van der Waals surface area contributed by atoms with Gasteiger partial charge in [-0.15, -0.1) is 11.3 Å². The molecule has 1 atom stereocenters. The van der Waals surface area contributed by atoms with Gasteiger partial charge in [-0.3, -0.25) is 4.99 Å². The highest BCUT2D eigenvalue weighted by atomic mass is 32.1. The van der Waals surface area contributed by atoms with E-state index in [-0.39, 0.29) is 0 Å². The van der Waals surface area contributed by atoms with Crippen LogP contribution in [0.1, 0.15) is 28.1 Å². The first-order valence-electron chi connectivity index (χ1n) is 9.20. The molecule has 0 radical (unpaired) electrons. The van der Waals surface area contributed by atoms with E-state index in [9.17, 15) is 0 Å². The van der Waals surface area contributed by atoms with Gasteiger partial charge in [-0.2, -0.15) is 0 Å². The van der Waals surface area contributed by atoms with Crippen LogP contribution in [-0.4, -0.2) is 28.6 Å². The number of aliphatic imine (C=N–C) groups is 1. The number of aromatic nitrogens is 2. The van der Waals surface area contributed by atoms with Crippen LogP contribution in [0.5, 0.6) is 0 Å². The predicted molar refractivity (Wildman–Crippen MR) is 113 cm³/mol. The van der Waals surface area contributed by atoms with Crippen LogP contribution in [0.3, 0.4) is 0 Å². The van der Waals surface area contributed by atoms with Crippen molar-refractivity contribution in [1.82, 2.24) is 20.2 Å². The van der Waals surface area contributed by atoms with E-state index in [4.69, 9.17) is 0 Å². The van der Waals surface area contributed by atoms with Crippen molar-refractivity contribution in [1.29, 1.82) is 0 Å². The van der Waals surface area contributed by atoms with Gasteiger partial charge in [0.15, 0.2) is 5.96 Å². The van der Waals surface area contributed by atoms with Gasteiger partial charge in [-0.05, 0) is 31.5 Å². The molecular formula is C21H27N5S. The minimum atomic E-state index is 0.304. The van der Waals surface area contributed by atoms with E-state index in [1.165, 1.54) is 15.3 Å². The number of hydrogen-bond acceptors (Lipinski definition) is 3. The van der Waals surface area contributed by atoms with Crippen LogP contribution in [-0.2, 0) is 19.5 Å². The number of nitrogens with zero attached hydrogens (tertiary/aromatic N) is 3. The number of hydrogen-bond donors (Lipinski definition) is 2. The molecule has 0 bridgehead atoms. The molecule has 2 N–H and O–H groups in total. The molecule has 0 saturated carbocycles. The second-order valence-corrected chi connectivity index (χ2v) is 8.02. The van der Waals surface area contributed by atoms with Gasteiger partial charge in [0.1, 0.15) is 5.82 Å². The zero-order valence-corrected chi connectivity index (χ0v) is 17.0. The van der Waals surface area contributed by atoms with Gasteiger partial charge in [0.2, 0.25) is 0 Å². The van der Waals surface area contributed by atoms with Gasteiger partial charge in [0.05, 0.1) is 6.54 Å². The fourth-order valence-corrected chi connectivity index (χ4v) is 3.99. The molecule has 2 heterocycles. The van der Waals surface area contributed by atoms with Gasteiger partial charge in [-0.1, -0.05) is 30.3 Å². The Morgan fingerprint density at radius 1 is 1.22 bits per heavy atom. The smallest absolute Gasteiger partial charge is 0.191 e. The van der Waals surface area contributed by atoms with Gasteiger partial charge >= 0.3 is 0 Å². The summed E-state index contributed by atoms with van der Waals surface area (Å²) in [5, 5.41) is 6.84. The van der Waals surface area contributed by atoms with E-state index >= 15 is 0 Å². The second-order valence-electron chi connectivity index (χ2n) is 6.64. The summed E-state index contributed by atoms with van der Waals surface area (Å²) in [5.74, 6) is 1.79. The Bertz CT molecular complexity index is 866. The number of guanidine groups is 1. The Balaban J connectivity index is 1.53. The molecule has 0 fully saturated rings. The van der Waals surface area contributed by atoms with Crippen molar-refractivity contribution < 1.29 is 0 Å². The summed E-state index contributed by atoms with van der Waals surface area (Å²) in [4.78, 5) is 11.6. The minimum absolute atomic E-state index is 0.304. The molecule has 0 spiro atoms. The van der Waals surface area contributed by atoms with E-state index in [2.05, 4.69) is 75.4 Å². The Labute approximate surface area is 165 Å². The first kappa shape index (κ1) is 19.2. The summed E-state index contributed by atoms with van der Waals surface area (Å²) < 4.78 is 2.16. The topological polar surface area (TPSA) is 54.2 Å². The van der Waals surface area contributed by atoms with Gasteiger partial charge in [0.25, 0.3) is 0 Å². The van der Waals surface area contributed by atoms with Crippen LogP contribution in [0.25, 0.3) is 0 Å². The lowest BCUT2D eigenvalue weighted by Crippen LogP contribution is -2.43. The van der Waals surface area contributed by atoms with Gasteiger partial charge in [-0.25, -0.2) is 4.98 Å². The zero-order chi connectivity index (χ0) is 19.1. The number of nitrogens with one attached hydrogen (secondary N) is 2. The largest absolute Gasteiger partial charge is 0.354 e. The highest BCUT2D eigenvalue weighted by molar-refractivity contribution is 7.11. The lowest BCUT2D eigenvalue weighted by atomic mass is 10.2. The molecule has 0 aliphatic rings. The number of thiophene rings is 1. The molecule has 2 aromatic heterocycles. The van der Waals surface area contributed by atoms with Crippen molar-refractivity contribution in [2.24, 2.45) is 4.99 Å². The van der Waals surface area contributed by atoms with Gasteiger partial charge in [0, 0.05) is 48.2 Å². The fourth-order valence-electron chi connectivity index (χ4n) is 2.97. The first-order chi connectivity index (χ1) is 13.1. The number of aryl methyl sites for hydroxylation is 1. The molecule has 0 saturated heterocycles. The normalized spacial score (nSPS) is 12.8. The van der Waals surface area contributed by atoms with E-state index in [0.717, 1.165) is 24.7 Å². The van der Waals surface area contributed by atoms with Crippen molar-refractivity contribution in [2.45, 2.75) is 39.4 Å². The molecule has 0 amide bonds. The van der Waals surface area contributed by atoms with E-state index in [1.54, 1.807) is 7.05 Å². The summed E-state index contributed by atoms with van der Waals surface area (Å²) in [6.07, 6.45) is 4.85. The molecule has 0 aliphatic heterocycles. The summed E-state index contributed by atoms with van der Waals surface area (Å²) >= 11 is 1.85. The monoisotopic (exact) mass is 381 g/mol. The van der Waals surface area contributed by atoms with Crippen LogP contribution >= 0.6 is 11.3 Å². The molecule has 1 unspecified atom stereocenters. The second kappa shape index (κ2) is 9.37. The average Bonchev–Trinajstić information content (AvgIpc) is 3.28. The van der Waals surface area contributed by atoms with Crippen LogP contribution in [0.4, 0.5) is 0 Å². The third-order valence-corrected chi connectivity index (χ3v) is 5.34. The number of benzene rings is 1. The maximum absolute atomic E-state index is 4.49. The highest BCUT2D eigenvalue weighted by Crippen LogP contribution is 2.16. The third-order valence-electron chi connectivity index (χ3n) is 4.32. The third kappa shape index (κ3) is 5.69. The van der Waals surface area contributed by atoms with Gasteiger partial charge < -0.3 is 15.2 Å². The molecule has 142 valence electrons. The molecule has 6 heteroatoms. The van der Waals surface area contributed by atoms with Crippen molar-refractivity contribution in [2.75, 3.05) is 7.05 Å². The summed E-state index contributed by atoms with van der Waals surface area (Å²) in [6, 6.07) is 15.1. The average molecular weight is 382 g/mol. The molecule has 0 aliphatic carbocycles. The molecule has 3 aromatic rings. The Kier molecular flexibility index (Phi) is 6.65. The maximum atomic E-state index is 4.49. The predicted octanol–water partition coefficient (Wildman–Crippen LogP) is 3.60. The van der Waals surface area contributed by atoms with Crippen LogP contribution in [0.15, 0.2) is 59.9 Å². The van der Waals surface area contributed by atoms with E-state index < -0.39 is 0 Å². The van der Waals surface area contributed by atoms with E-state index in [1.807, 2.05) is 29.8 Å². The zero-order valence-electron chi connectivity index (χ0n) is 16.1.